The van der Waals surface area contributed by atoms with Gasteiger partial charge in [0.05, 0.1) is 0 Å². The molecule has 0 saturated heterocycles. The van der Waals surface area contributed by atoms with E-state index < -0.39 is 0 Å². The molecule has 0 aliphatic carbocycles. The molecule has 0 fully saturated rings. The minimum Gasteiger partial charge on any atom is -0.0955 e. The van der Waals surface area contributed by atoms with Crippen molar-refractivity contribution in [2.75, 3.05) is 0 Å². The van der Waals surface area contributed by atoms with E-state index in [-0.39, 0.29) is 0 Å². The maximum Gasteiger partial charge on any atom is -0.00993 e. The summed E-state index contributed by atoms with van der Waals surface area (Å²) in [6, 6.07) is 125. The summed E-state index contributed by atoms with van der Waals surface area (Å²) >= 11 is 0. The van der Waals surface area contributed by atoms with Gasteiger partial charge in [-0.2, -0.15) is 0 Å². The number of benzene rings is 17. The quantitative estimate of drug-likeness (QED) is 0.0960. The molecule has 105 heavy (non-hydrogen) atoms. The second kappa shape index (κ2) is 28.3. The van der Waals surface area contributed by atoms with Crippen molar-refractivity contribution < 1.29 is 0 Å². The summed E-state index contributed by atoms with van der Waals surface area (Å²) in [6.45, 7) is 32.7. The van der Waals surface area contributed by atoms with Gasteiger partial charge in [0.1, 0.15) is 0 Å². The highest BCUT2D eigenvalue weighted by molar-refractivity contribution is 6.09. The molecule has 0 heteroatoms. The zero-order chi connectivity index (χ0) is 71.8. The number of rotatable bonds is 15. The van der Waals surface area contributed by atoms with Crippen LogP contribution in [0.5, 0.6) is 0 Å². The molecular formula is C105H78. The number of allylic oxidation sites excluding steroid dienone is 3. The highest BCUT2D eigenvalue weighted by Crippen LogP contribution is 2.44. The Balaban J connectivity index is 0.000000168. The second-order valence-corrected chi connectivity index (χ2v) is 27.8. The summed E-state index contributed by atoms with van der Waals surface area (Å²) in [7, 11) is 0. The highest BCUT2D eigenvalue weighted by atomic mass is 14.2. The SMILES string of the molecule is C=C(C)c1cccc2c(-c3cc(-c4cccc5c(C(=C)C)cccc45)cc(-c4cccc5c(C(=C)C)cccc45)c3)cccc12.C=C(c1ccc(-c2cc(-c3ccc(C(=C)c4cccc5ccccc45)cc3)cc(-c3ccc(C(=C)c4cccc5ccccc45)cc3)c2)cc1)c1cccc2ccccc12. The number of fused-ring (bicyclic) bond motifs is 6. The molecule has 0 radical (unpaired) electrons. The predicted octanol–water partition coefficient (Wildman–Crippen LogP) is 29.6. The lowest BCUT2D eigenvalue weighted by Gasteiger charge is -2.17. The third kappa shape index (κ3) is 12.9. The van der Waals surface area contributed by atoms with Crippen LogP contribution in [0.4, 0.5) is 0 Å². The number of hydrogen-bond acceptors (Lipinski definition) is 0. The molecule has 17 aromatic carbocycles. The van der Waals surface area contributed by atoms with Crippen LogP contribution in [0.2, 0.25) is 0 Å². The van der Waals surface area contributed by atoms with Crippen molar-refractivity contribution >= 4 is 98.1 Å². The normalized spacial score (nSPS) is 11.2. The Bertz CT molecular complexity index is 5720. The molecule has 0 amide bonds. The van der Waals surface area contributed by atoms with E-state index in [1.807, 2.05) is 0 Å². The topological polar surface area (TPSA) is 0 Å². The molecule has 498 valence electrons. The Labute approximate surface area is 616 Å². The van der Waals surface area contributed by atoms with Crippen LogP contribution in [0.1, 0.15) is 70.8 Å². The largest absolute Gasteiger partial charge is 0.0955 e. The molecule has 0 N–H and O–H groups in total. The average Bonchev–Trinajstić information content (AvgIpc) is 0.757. The molecule has 0 nitrogen and oxygen atoms in total. The first-order chi connectivity index (χ1) is 51.3. The molecule has 0 aliphatic heterocycles. The van der Waals surface area contributed by atoms with Crippen molar-refractivity contribution in [3.63, 3.8) is 0 Å². The molecule has 0 atom stereocenters. The second-order valence-electron chi connectivity index (χ2n) is 27.8. The van der Waals surface area contributed by atoms with Gasteiger partial charge in [0.2, 0.25) is 0 Å². The van der Waals surface area contributed by atoms with E-state index in [4.69, 9.17) is 0 Å². The molecular weight excluding hydrogens is 1260 g/mol. The maximum absolute atomic E-state index is 4.55. The standard InChI is InChI=1S/C60H42.C45H36/c1-40(55-22-10-16-49-13-4-7-19-58(49)55)43-25-31-46(32-26-43)52-37-53(47-33-27-44(28-34-47)41(2)56-23-11-17-50-14-5-8-20-59(50)56)39-54(38-52)48-35-29-45(30-36-48)42(3)57-24-12-18-51-15-6-9-21-60(51)57;1-28(2)34-13-7-22-43-37(16-10-19-40(34)43)31-25-32(38-17-11-20-41-35(29(3)4)14-8-23-44(38)41)27-33(26-31)39-18-12-21-42-36(30(5)6)15-9-24-45(39)42/h4-39H,1-3H2;7-27H,1,3,5H2,2,4,6H3. The van der Waals surface area contributed by atoms with E-state index in [0.29, 0.717) is 0 Å². The summed E-state index contributed by atoms with van der Waals surface area (Å²) in [5.41, 5.74) is 30.7. The van der Waals surface area contributed by atoms with Gasteiger partial charge in [-0.05, 0) is 255 Å². The minimum atomic E-state index is 1.02. The lowest BCUT2D eigenvalue weighted by Crippen LogP contribution is -1.91. The molecule has 0 aromatic heterocycles. The van der Waals surface area contributed by atoms with Gasteiger partial charge in [0.25, 0.3) is 0 Å². The minimum absolute atomic E-state index is 1.02. The van der Waals surface area contributed by atoms with Crippen molar-refractivity contribution in [2.45, 2.75) is 20.8 Å². The predicted molar refractivity (Wildman–Crippen MR) is 458 cm³/mol. The van der Waals surface area contributed by atoms with E-state index in [0.717, 1.165) is 100 Å². The van der Waals surface area contributed by atoms with Crippen LogP contribution >= 0.6 is 0 Å². The Kier molecular flexibility index (Phi) is 17.9. The van der Waals surface area contributed by atoms with Gasteiger partial charge in [-0.25, -0.2) is 0 Å². The van der Waals surface area contributed by atoms with Crippen LogP contribution in [-0.4, -0.2) is 0 Å². The third-order valence-electron chi connectivity index (χ3n) is 21.0. The molecule has 0 saturated carbocycles. The lowest BCUT2D eigenvalue weighted by molar-refractivity contribution is 1.53. The van der Waals surface area contributed by atoms with E-state index >= 15 is 0 Å². The van der Waals surface area contributed by atoms with Gasteiger partial charge in [0, 0.05) is 0 Å². The Morgan fingerprint density at radius 3 is 0.657 bits per heavy atom. The Hall–Kier alpha value is -13.3. The summed E-state index contributed by atoms with van der Waals surface area (Å²) < 4.78 is 0. The Morgan fingerprint density at radius 1 is 0.171 bits per heavy atom. The van der Waals surface area contributed by atoms with Crippen LogP contribution in [-0.2, 0) is 0 Å². The van der Waals surface area contributed by atoms with Crippen molar-refractivity contribution in [2.24, 2.45) is 0 Å². The summed E-state index contributed by atoms with van der Waals surface area (Å²) in [6.07, 6.45) is 0. The van der Waals surface area contributed by atoms with E-state index in [2.05, 4.69) is 406 Å². The fourth-order valence-corrected chi connectivity index (χ4v) is 15.5. The van der Waals surface area contributed by atoms with Gasteiger partial charge in [0.15, 0.2) is 0 Å². The van der Waals surface area contributed by atoms with Gasteiger partial charge >= 0.3 is 0 Å². The van der Waals surface area contributed by atoms with Crippen LogP contribution in [0, 0.1) is 0 Å². The zero-order valence-electron chi connectivity index (χ0n) is 59.7. The van der Waals surface area contributed by atoms with Crippen LogP contribution in [0.3, 0.4) is 0 Å². The maximum atomic E-state index is 4.55. The molecule has 17 rings (SSSR count). The van der Waals surface area contributed by atoms with Gasteiger partial charge in [-0.15, -0.1) is 0 Å². The van der Waals surface area contributed by atoms with Gasteiger partial charge in [-0.1, -0.05) is 366 Å². The Morgan fingerprint density at radius 2 is 0.381 bits per heavy atom. The molecule has 0 aliphatic rings. The molecule has 0 bridgehead atoms. The van der Waals surface area contributed by atoms with E-state index in [1.165, 1.54) is 115 Å². The molecule has 0 spiro atoms. The average molecular weight is 1340 g/mol. The summed E-state index contributed by atoms with van der Waals surface area (Å²) in [5.74, 6) is 0. The van der Waals surface area contributed by atoms with Crippen LogP contribution in [0.25, 0.3) is 165 Å². The molecule has 0 heterocycles. The fraction of sp³-hybridized carbons (Fsp3) is 0.0286. The zero-order valence-corrected chi connectivity index (χ0v) is 59.7. The van der Waals surface area contributed by atoms with Crippen LogP contribution in [0.15, 0.2) is 385 Å². The first kappa shape index (κ1) is 66.3. The molecule has 0 unspecified atom stereocenters. The first-order valence-electron chi connectivity index (χ1n) is 36.0. The monoisotopic (exact) mass is 1340 g/mol. The van der Waals surface area contributed by atoms with Crippen molar-refractivity contribution in [3.05, 3.63) is 435 Å². The summed E-state index contributed by atoms with van der Waals surface area (Å²) in [5, 5.41) is 14.6. The van der Waals surface area contributed by atoms with Crippen molar-refractivity contribution in [3.8, 4) is 66.8 Å². The smallest absolute Gasteiger partial charge is 0.00993 e. The lowest BCUT2D eigenvalue weighted by atomic mass is 9.87. The summed E-state index contributed by atoms with van der Waals surface area (Å²) in [4.78, 5) is 0. The van der Waals surface area contributed by atoms with Crippen molar-refractivity contribution in [1.29, 1.82) is 0 Å². The van der Waals surface area contributed by atoms with E-state index in [9.17, 15) is 0 Å². The third-order valence-corrected chi connectivity index (χ3v) is 21.0. The highest BCUT2D eigenvalue weighted by Gasteiger charge is 2.19. The van der Waals surface area contributed by atoms with Gasteiger partial charge < -0.3 is 0 Å². The van der Waals surface area contributed by atoms with E-state index in [1.54, 1.807) is 0 Å². The molecule has 17 aromatic rings. The van der Waals surface area contributed by atoms with Crippen LogP contribution < -0.4 is 0 Å². The van der Waals surface area contributed by atoms with Gasteiger partial charge in [-0.3, -0.25) is 0 Å². The fourth-order valence-electron chi connectivity index (χ4n) is 15.5. The number of hydrogen-bond donors (Lipinski definition) is 0. The first-order valence-corrected chi connectivity index (χ1v) is 36.0. The van der Waals surface area contributed by atoms with Crippen molar-refractivity contribution in [1.82, 2.24) is 0 Å².